The van der Waals surface area contributed by atoms with Gasteiger partial charge in [0, 0.05) is 37.3 Å². The van der Waals surface area contributed by atoms with Crippen LogP contribution in [0, 0.1) is 0 Å². The second-order valence-corrected chi connectivity index (χ2v) is 9.50. The molecule has 0 fully saturated rings. The average Bonchev–Trinajstić information content (AvgIpc) is 2.88. The number of nitrogens with zero attached hydrogens (tertiary/aromatic N) is 1. The molecule has 7 nitrogen and oxygen atoms in total. The summed E-state index contributed by atoms with van der Waals surface area (Å²) >= 11 is 0. The molecular weight excluding hydrogens is 464 g/mol. The first kappa shape index (κ1) is 27.7. The van der Waals surface area contributed by atoms with Gasteiger partial charge in [0.05, 0.1) is 0 Å². The van der Waals surface area contributed by atoms with E-state index in [1.807, 2.05) is 60.7 Å². The number of anilines is 1. The SMILES string of the molecule is CC(C)N(CCNC(=O)[C@H](Cc1ccccc1)NC(=O)Nc1ccc(Oc2ccccc2)cc1)C(C)C. The summed E-state index contributed by atoms with van der Waals surface area (Å²) in [6, 6.07) is 25.8. The fraction of sp³-hybridized carbons (Fsp3) is 0.333. The summed E-state index contributed by atoms with van der Waals surface area (Å²) in [5.41, 5.74) is 1.57. The van der Waals surface area contributed by atoms with E-state index in [1.165, 1.54) is 0 Å². The Morgan fingerprint density at radius 3 is 1.95 bits per heavy atom. The Hall–Kier alpha value is -3.84. The number of hydrogen-bond donors (Lipinski definition) is 3. The first-order valence-corrected chi connectivity index (χ1v) is 12.8. The van der Waals surface area contributed by atoms with Crippen molar-refractivity contribution in [2.24, 2.45) is 0 Å². The largest absolute Gasteiger partial charge is 0.457 e. The van der Waals surface area contributed by atoms with Gasteiger partial charge in [0.1, 0.15) is 17.5 Å². The summed E-state index contributed by atoms with van der Waals surface area (Å²) in [5, 5.41) is 8.66. The first-order chi connectivity index (χ1) is 17.8. The van der Waals surface area contributed by atoms with Crippen molar-refractivity contribution in [1.29, 1.82) is 0 Å². The van der Waals surface area contributed by atoms with Crippen LogP contribution in [0.1, 0.15) is 33.3 Å². The Morgan fingerprint density at radius 1 is 0.784 bits per heavy atom. The smallest absolute Gasteiger partial charge is 0.319 e. The minimum absolute atomic E-state index is 0.210. The van der Waals surface area contributed by atoms with Gasteiger partial charge in [0.15, 0.2) is 0 Å². The van der Waals surface area contributed by atoms with Gasteiger partial charge in [-0.2, -0.15) is 0 Å². The van der Waals surface area contributed by atoms with Crippen molar-refractivity contribution in [3.05, 3.63) is 90.5 Å². The van der Waals surface area contributed by atoms with Crippen LogP contribution in [-0.4, -0.2) is 48.1 Å². The molecule has 0 heterocycles. The average molecular weight is 503 g/mol. The quantitative estimate of drug-likeness (QED) is 0.308. The molecule has 0 aliphatic rings. The molecule has 3 aromatic carbocycles. The summed E-state index contributed by atoms with van der Waals surface area (Å²) in [5.74, 6) is 1.19. The van der Waals surface area contributed by atoms with Gasteiger partial charge in [-0.05, 0) is 69.7 Å². The molecule has 3 rings (SSSR count). The van der Waals surface area contributed by atoms with Crippen LogP contribution >= 0.6 is 0 Å². The number of carbonyl (C=O) groups excluding carboxylic acids is 2. The van der Waals surface area contributed by atoms with Crippen molar-refractivity contribution < 1.29 is 14.3 Å². The number of nitrogens with one attached hydrogen (secondary N) is 3. The third-order valence-electron chi connectivity index (χ3n) is 5.99. The number of rotatable bonds is 12. The van der Waals surface area contributed by atoms with Crippen molar-refractivity contribution >= 4 is 17.6 Å². The molecule has 3 aromatic rings. The fourth-order valence-corrected chi connectivity index (χ4v) is 4.16. The molecule has 0 saturated carbocycles. The molecule has 0 aliphatic carbocycles. The maximum atomic E-state index is 13.1. The zero-order chi connectivity index (χ0) is 26.6. The standard InChI is InChI=1S/C30H38N4O3/c1-22(2)34(23(3)4)20-19-31-29(35)28(21-24-11-7-5-8-12-24)33-30(36)32-25-15-17-27(18-16-25)37-26-13-9-6-10-14-26/h5-18,22-23,28H,19-21H2,1-4H3,(H,31,35)(H2,32,33,36)/t28-/m0/s1. The second kappa shape index (κ2) is 14.0. The van der Waals surface area contributed by atoms with E-state index in [4.69, 9.17) is 4.74 Å². The van der Waals surface area contributed by atoms with Gasteiger partial charge in [0.2, 0.25) is 5.91 Å². The molecule has 0 radical (unpaired) electrons. The molecule has 0 bridgehead atoms. The normalized spacial score (nSPS) is 11.9. The predicted molar refractivity (Wildman–Crippen MR) is 149 cm³/mol. The Morgan fingerprint density at radius 2 is 1.35 bits per heavy atom. The molecule has 7 heteroatoms. The minimum Gasteiger partial charge on any atom is -0.457 e. The van der Waals surface area contributed by atoms with Gasteiger partial charge in [-0.15, -0.1) is 0 Å². The Kier molecular flexibility index (Phi) is 10.5. The van der Waals surface area contributed by atoms with E-state index in [9.17, 15) is 9.59 Å². The van der Waals surface area contributed by atoms with E-state index in [0.29, 0.717) is 36.5 Å². The number of benzene rings is 3. The van der Waals surface area contributed by atoms with Crippen LogP contribution in [0.25, 0.3) is 0 Å². The summed E-state index contributed by atoms with van der Waals surface area (Å²) in [7, 11) is 0. The fourth-order valence-electron chi connectivity index (χ4n) is 4.16. The summed E-state index contributed by atoms with van der Waals surface area (Å²) in [4.78, 5) is 28.2. The highest BCUT2D eigenvalue weighted by molar-refractivity contribution is 5.93. The van der Waals surface area contributed by atoms with E-state index >= 15 is 0 Å². The molecule has 0 aliphatic heterocycles. The van der Waals surface area contributed by atoms with E-state index in [-0.39, 0.29) is 5.91 Å². The zero-order valence-corrected chi connectivity index (χ0v) is 22.1. The van der Waals surface area contributed by atoms with Crippen LogP contribution in [0.4, 0.5) is 10.5 Å². The van der Waals surface area contributed by atoms with Gasteiger partial charge in [-0.25, -0.2) is 4.79 Å². The van der Waals surface area contributed by atoms with Crippen LogP contribution in [0.15, 0.2) is 84.9 Å². The molecule has 196 valence electrons. The third-order valence-corrected chi connectivity index (χ3v) is 5.99. The maximum absolute atomic E-state index is 13.1. The number of amides is 3. The van der Waals surface area contributed by atoms with Crippen LogP contribution < -0.4 is 20.7 Å². The van der Waals surface area contributed by atoms with E-state index < -0.39 is 12.1 Å². The monoisotopic (exact) mass is 502 g/mol. The van der Waals surface area contributed by atoms with E-state index in [2.05, 4.69) is 48.5 Å². The van der Waals surface area contributed by atoms with Gasteiger partial charge in [-0.3, -0.25) is 9.69 Å². The highest BCUT2D eigenvalue weighted by Gasteiger charge is 2.22. The predicted octanol–water partition coefficient (Wildman–Crippen LogP) is 5.45. The highest BCUT2D eigenvalue weighted by atomic mass is 16.5. The molecule has 0 unspecified atom stereocenters. The Bertz CT molecular complexity index is 1090. The Balaban J connectivity index is 1.59. The summed E-state index contributed by atoms with van der Waals surface area (Å²) < 4.78 is 5.80. The van der Waals surface area contributed by atoms with Crippen molar-refractivity contribution in [2.75, 3.05) is 18.4 Å². The van der Waals surface area contributed by atoms with Gasteiger partial charge < -0.3 is 20.7 Å². The van der Waals surface area contributed by atoms with E-state index in [1.54, 1.807) is 24.3 Å². The van der Waals surface area contributed by atoms with Crippen molar-refractivity contribution in [1.82, 2.24) is 15.5 Å². The third kappa shape index (κ3) is 9.28. The van der Waals surface area contributed by atoms with Crippen LogP contribution in [0.5, 0.6) is 11.5 Å². The molecule has 0 aromatic heterocycles. The lowest BCUT2D eigenvalue weighted by molar-refractivity contribution is -0.123. The van der Waals surface area contributed by atoms with E-state index in [0.717, 1.165) is 17.9 Å². The topological polar surface area (TPSA) is 82.7 Å². The summed E-state index contributed by atoms with van der Waals surface area (Å²) in [6.45, 7) is 9.83. The number of hydrogen-bond acceptors (Lipinski definition) is 4. The number of carbonyl (C=O) groups is 2. The molecule has 0 spiro atoms. The number of para-hydroxylation sites is 1. The minimum atomic E-state index is -0.713. The van der Waals surface area contributed by atoms with Crippen LogP contribution in [0.2, 0.25) is 0 Å². The number of urea groups is 1. The highest BCUT2D eigenvalue weighted by Crippen LogP contribution is 2.22. The van der Waals surface area contributed by atoms with Crippen molar-refractivity contribution in [3.63, 3.8) is 0 Å². The Labute approximate surface area is 220 Å². The maximum Gasteiger partial charge on any atom is 0.319 e. The van der Waals surface area contributed by atoms with Gasteiger partial charge in [-0.1, -0.05) is 48.5 Å². The van der Waals surface area contributed by atoms with Crippen LogP contribution in [0.3, 0.4) is 0 Å². The van der Waals surface area contributed by atoms with Crippen LogP contribution in [-0.2, 0) is 11.2 Å². The molecule has 37 heavy (non-hydrogen) atoms. The number of ether oxygens (including phenoxy) is 1. The molecule has 3 amide bonds. The van der Waals surface area contributed by atoms with Crippen molar-refractivity contribution in [3.8, 4) is 11.5 Å². The molecular formula is C30H38N4O3. The lowest BCUT2D eigenvalue weighted by atomic mass is 10.1. The first-order valence-electron chi connectivity index (χ1n) is 12.8. The molecule has 3 N–H and O–H groups in total. The lowest BCUT2D eigenvalue weighted by Gasteiger charge is -2.30. The van der Waals surface area contributed by atoms with Crippen molar-refractivity contribution in [2.45, 2.75) is 52.2 Å². The molecule has 1 atom stereocenters. The lowest BCUT2D eigenvalue weighted by Crippen LogP contribution is -2.51. The zero-order valence-electron chi connectivity index (χ0n) is 22.1. The van der Waals surface area contributed by atoms with Gasteiger partial charge >= 0.3 is 6.03 Å². The molecule has 0 saturated heterocycles. The van der Waals surface area contributed by atoms with Gasteiger partial charge in [0.25, 0.3) is 0 Å². The second-order valence-electron chi connectivity index (χ2n) is 9.50. The summed E-state index contributed by atoms with van der Waals surface area (Å²) in [6.07, 6.45) is 0.391.